The Kier molecular flexibility index (Phi) is 5.07. The monoisotopic (exact) mass is 298 g/mol. The number of unbranched alkanes of at least 4 members (excludes halogenated alkanes) is 1. The molecule has 21 heavy (non-hydrogen) atoms. The second-order valence-corrected chi connectivity index (χ2v) is 5.63. The highest BCUT2D eigenvalue weighted by atomic mass is 35.5. The van der Waals surface area contributed by atoms with Gasteiger partial charge in [0.25, 0.3) is 0 Å². The standard InChI is InChI=1S/C19H19ClO/c1-3-5-14-19(21,4-2)17-10-6-15(7-11-17)16-8-12-18(20)13-9-16/h2,6-13,21H,3,5,14H2,1H3. The first kappa shape index (κ1) is 15.6. The Morgan fingerprint density at radius 3 is 2.05 bits per heavy atom. The molecule has 0 aliphatic carbocycles. The van der Waals surface area contributed by atoms with E-state index in [4.69, 9.17) is 18.0 Å². The Bertz CT molecular complexity index is 622. The molecule has 0 radical (unpaired) electrons. The molecule has 0 fully saturated rings. The summed E-state index contributed by atoms with van der Waals surface area (Å²) in [4.78, 5) is 0. The highest BCUT2D eigenvalue weighted by Gasteiger charge is 2.25. The molecule has 0 heterocycles. The molecule has 0 saturated carbocycles. The van der Waals surface area contributed by atoms with Gasteiger partial charge in [0, 0.05) is 5.02 Å². The number of hydrogen-bond donors (Lipinski definition) is 1. The predicted molar refractivity (Wildman–Crippen MR) is 89.1 cm³/mol. The fraction of sp³-hybridized carbons (Fsp3) is 0.263. The van der Waals surface area contributed by atoms with E-state index in [0.717, 1.165) is 34.6 Å². The molecule has 0 bridgehead atoms. The molecule has 1 unspecified atom stereocenters. The Labute approximate surface area is 131 Å². The van der Waals surface area contributed by atoms with E-state index in [2.05, 4.69) is 12.8 Å². The zero-order chi connectivity index (χ0) is 15.3. The summed E-state index contributed by atoms with van der Waals surface area (Å²) in [7, 11) is 0. The first-order chi connectivity index (χ1) is 10.1. The third kappa shape index (κ3) is 3.67. The van der Waals surface area contributed by atoms with E-state index < -0.39 is 5.60 Å². The first-order valence-corrected chi connectivity index (χ1v) is 7.53. The van der Waals surface area contributed by atoms with Gasteiger partial charge < -0.3 is 5.11 Å². The van der Waals surface area contributed by atoms with Gasteiger partial charge in [0.1, 0.15) is 0 Å². The Hall–Kier alpha value is -1.75. The quantitative estimate of drug-likeness (QED) is 0.769. The molecule has 0 amide bonds. The number of hydrogen-bond acceptors (Lipinski definition) is 1. The van der Waals surface area contributed by atoms with Crippen molar-refractivity contribution in [2.45, 2.75) is 31.8 Å². The van der Waals surface area contributed by atoms with E-state index in [1.54, 1.807) is 0 Å². The summed E-state index contributed by atoms with van der Waals surface area (Å²) in [5.74, 6) is 2.53. The normalized spacial score (nSPS) is 13.4. The lowest BCUT2D eigenvalue weighted by Crippen LogP contribution is -2.23. The zero-order valence-electron chi connectivity index (χ0n) is 12.1. The molecule has 0 saturated heterocycles. The van der Waals surface area contributed by atoms with Crippen molar-refractivity contribution in [1.82, 2.24) is 0 Å². The third-order valence-electron chi connectivity index (χ3n) is 3.67. The van der Waals surface area contributed by atoms with Crippen molar-refractivity contribution in [3.05, 3.63) is 59.1 Å². The van der Waals surface area contributed by atoms with Gasteiger partial charge in [0.15, 0.2) is 5.60 Å². The van der Waals surface area contributed by atoms with Crippen LogP contribution in [0.25, 0.3) is 11.1 Å². The highest BCUT2D eigenvalue weighted by molar-refractivity contribution is 6.30. The number of aliphatic hydroxyl groups is 1. The van der Waals surface area contributed by atoms with Gasteiger partial charge in [-0.15, -0.1) is 6.42 Å². The van der Waals surface area contributed by atoms with E-state index in [0.29, 0.717) is 6.42 Å². The van der Waals surface area contributed by atoms with Gasteiger partial charge in [-0.05, 0) is 41.7 Å². The molecule has 2 rings (SSSR count). The Balaban J connectivity index is 2.26. The lowest BCUT2D eigenvalue weighted by molar-refractivity contribution is 0.0877. The molecule has 2 heteroatoms. The molecule has 1 nitrogen and oxygen atoms in total. The molecule has 0 aromatic heterocycles. The van der Waals surface area contributed by atoms with Crippen LogP contribution < -0.4 is 0 Å². The summed E-state index contributed by atoms with van der Waals surface area (Å²) < 4.78 is 0. The average molecular weight is 299 g/mol. The fourth-order valence-electron chi connectivity index (χ4n) is 2.31. The van der Waals surface area contributed by atoms with Crippen molar-refractivity contribution in [2.24, 2.45) is 0 Å². The van der Waals surface area contributed by atoms with Gasteiger partial charge in [0.2, 0.25) is 0 Å². The van der Waals surface area contributed by atoms with Crippen LogP contribution in [0.2, 0.25) is 5.02 Å². The SMILES string of the molecule is C#CC(O)(CCCC)c1ccc(-c2ccc(Cl)cc2)cc1. The molecular formula is C19H19ClO. The number of terminal acetylenes is 1. The van der Waals surface area contributed by atoms with Crippen molar-refractivity contribution in [1.29, 1.82) is 0 Å². The topological polar surface area (TPSA) is 20.2 Å². The zero-order valence-corrected chi connectivity index (χ0v) is 12.9. The van der Waals surface area contributed by atoms with E-state index in [1.807, 2.05) is 48.5 Å². The van der Waals surface area contributed by atoms with Crippen molar-refractivity contribution < 1.29 is 5.11 Å². The summed E-state index contributed by atoms with van der Waals surface area (Å²) in [6, 6.07) is 15.4. The fourth-order valence-corrected chi connectivity index (χ4v) is 2.44. The molecular weight excluding hydrogens is 280 g/mol. The largest absolute Gasteiger partial charge is 0.373 e. The van der Waals surface area contributed by atoms with Crippen molar-refractivity contribution in [2.75, 3.05) is 0 Å². The summed E-state index contributed by atoms with van der Waals surface area (Å²) in [6.07, 6.45) is 8.02. The number of halogens is 1. The summed E-state index contributed by atoms with van der Waals surface area (Å²) >= 11 is 5.90. The van der Waals surface area contributed by atoms with Crippen LogP contribution in [-0.4, -0.2) is 5.11 Å². The number of benzene rings is 2. The van der Waals surface area contributed by atoms with Gasteiger partial charge >= 0.3 is 0 Å². The van der Waals surface area contributed by atoms with Gasteiger partial charge in [0.05, 0.1) is 0 Å². The summed E-state index contributed by atoms with van der Waals surface area (Å²) in [5.41, 5.74) is 1.76. The van der Waals surface area contributed by atoms with E-state index in [9.17, 15) is 5.11 Å². The van der Waals surface area contributed by atoms with Crippen LogP contribution in [0, 0.1) is 12.3 Å². The maximum atomic E-state index is 10.6. The van der Waals surface area contributed by atoms with Crippen LogP contribution in [-0.2, 0) is 5.60 Å². The van der Waals surface area contributed by atoms with Gasteiger partial charge in [-0.2, -0.15) is 0 Å². The average Bonchev–Trinajstić information content (AvgIpc) is 2.53. The number of rotatable bonds is 5. The van der Waals surface area contributed by atoms with Crippen LogP contribution >= 0.6 is 11.6 Å². The van der Waals surface area contributed by atoms with Gasteiger partial charge in [-0.1, -0.05) is 67.3 Å². The summed E-state index contributed by atoms with van der Waals surface area (Å²) in [5, 5.41) is 11.3. The van der Waals surface area contributed by atoms with Crippen LogP contribution in [0.15, 0.2) is 48.5 Å². The Morgan fingerprint density at radius 1 is 1.05 bits per heavy atom. The smallest absolute Gasteiger partial charge is 0.150 e. The van der Waals surface area contributed by atoms with Crippen LogP contribution in [0.4, 0.5) is 0 Å². The van der Waals surface area contributed by atoms with Gasteiger partial charge in [-0.3, -0.25) is 0 Å². The van der Waals surface area contributed by atoms with Crippen LogP contribution in [0.3, 0.4) is 0 Å². The predicted octanol–water partition coefficient (Wildman–Crippen LogP) is 5.02. The molecule has 0 spiro atoms. The van der Waals surface area contributed by atoms with Gasteiger partial charge in [-0.25, -0.2) is 0 Å². The minimum atomic E-state index is -1.17. The van der Waals surface area contributed by atoms with Crippen LogP contribution in [0.5, 0.6) is 0 Å². The van der Waals surface area contributed by atoms with E-state index in [1.165, 1.54) is 0 Å². The van der Waals surface area contributed by atoms with E-state index >= 15 is 0 Å². The van der Waals surface area contributed by atoms with Crippen molar-refractivity contribution >= 4 is 11.6 Å². The molecule has 0 aliphatic heterocycles. The third-order valence-corrected chi connectivity index (χ3v) is 3.92. The maximum Gasteiger partial charge on any atom is 0.150 e. The molecule has 1 atom stereocenters. The minimum absolute atomic E-state index is 0.584. The van der Waals surface area contributed by atoms with Crippen molar-refractivity contribution in [3.8, 4) is 23.5 Å². The second-order valence-electron chi connectivity index (χ2n) is 5.19. The lowest BCUT2D eigenvalue weighted by atomic mass is 9.88. The minimum Gasteiger partial charge on any atom is -0.373 e. The summed E-state index contributed by atoms with van der Waals surface area (Å²) in [6.45, 7) is 2.08. The lowest BCUT2D eigenvalue weighted by Gasteiger charge is -2.22. The first-order valence-electron chi connectivity index (χ1n) is 7.15. The molecule has 1 N–H and O–H groups in total. The molecule has 0 aliphatic rings. The van der Waals surface area contributed by atoms with Crippen LogP contribution in [0.1, 0.15) is 31.7 Å². The highest BCUT2D eigenvalue weighted by Crippen LogP contribution is 2.29. The van der Waals surface area contributed by atoms with Crippen molar-refractivity contribution in [3.63, 3.8) is 0 Å². The molecule has 2 aromatic rings. The van der Waals surface area contributed by atoms with E-state index in [-0.39, 0.29) is 0 Å². The Morgan fingerprint density at radius 2 is 1.57 bits per heavy atom. The maximum absolute atomic E-state index is 10.6. The molecule has 2 aromatic carbocycles. The second kappa shape index (κ2) is 6.80. The molecule has 108 valence electrons.